The molecule has 0 fully saturated rings. The Labute approximate surface area is 480 Å². The van der Waals surface area contributed by atoms with Crippen LogP contribution in [0.3, 0.4) is 0 Å². The van der Waals surface area contributed by atoms with Crippen LogP contribution < -0.4 is 9.80 Å². The van der Waals surface area contributed by atoms with Gasteiger partial charge in [-0.2, -0.15) is 21.0 Å². The van der Waals surface area contributed by atoms with Crippen LogP contribution in [0.1, 0.15) is 22.3 Å². The van der Waals surface area contributed by atoms with Gasteiger partial charge in [0.1, 0.15) is 0 Å². The van der Waals surface area contributed by atoms with Crippen molar-refractivity contribution in [1.29, 1.82) is 21.0 Å². The van der Waals surface area contributed by atoms with Crippen molar-refractivity contribution in [3.05, 3.63) is 295 Å². The predicted octanol–water partition coefficient (Wildman–Crippen LogP) is 18.3. The molecule has 0 unspecified atom stereocenters. The van der Waals surface area contributed by atoms with E-state index < -0.39 is 0 Å². The normalized spacial score (nSPS) is 10.8. The summed E-state index contributed by atoms with van der Waals surface area (Å²) in [5.41, 5.74) is 18.7. The number of aromatic nitrogens is 3. The second-order valence-electron chi connectivity index (χ2n) is 19.9. The van der Waals surface area contributed by atoms with Crippen LogP contribution >= 0.6 is 0 Å². The van der Waals surface area contributed by atoms with E-state index in [0.29, 0.717) is 50.6 Å². The average Bonchev–Trinajstić information content (AvgIpc) is 3.23. The summed E-state index contributed by atoms with van der Waals surface area (Å²) >= 11 is 0. The van der Waals surface area contributed by atoms with Gasteiger partial charge in [-0.25, -0.2) is 9.97 Å². The topological polar surface area (TPSA) is 132 Å². The van der Waals surface area contributed by atoms with E-state index in [2.05, 4.69) is 160 Å². The van der Waals surface area contributed by atoms with Gasteiger partial charge in [0.2, 0.25) is 0 Å². The maximum absolute atomic E-state index is 9.98. The van der Waals surface area contributed by atoms with Crippen LogP contribution in [0.5, 0.6) is 0 Å². The van der Waals surface area contributed by atoms with Gasteiger partial charge < -0.3 is 14.4 Å². The first-order chi connectivity index (χ1) is 40.9. The molecule has 9 nitrogen and oxygen atoms in total. The number of anilines is 6. The van der Waals surface area contributed by atoms with Gasteiger partial charge in [-0.3, -0.25) is 0 Å². The Morgan fingerprint density at radius 1 is 0.301 bits per heavy atom. The largest absolute Gasteiger partial charge is 0.310 e. The second-order valence-corrected chi connectivity index (χ2v) is 19.9. The monoisotopic (exact) mass is 1060 g/mol. The molecule has 0 bridgehead atoms. The summed E-state index contributed by atoms with van der Waals surface area (Å²) in [5.74, 6) is 0.410. The van der Waals surface area contributed by atoms with E-state index in [4.69, 9.17) is 9.97 Å². The molecule has 13 aromatic rings. The number of rotatable bonds is 12. The van der Waals surface area contributed by atoms with E-state index in [9.17, 15) is 21.0 Å². The highest BCUT2D eigenvalue weighted by Gasteiger charge is 2.21. The van der Waals surface area contributed by atoms with Gasteiger partial charge in [0.15, 0.2) is 5.82 Å². The molecule has 0 radical (unpaired) electrons. The number of para-hydroxylation sites is 2. The van der Waals surface area contributed by atoms with Crippen molar-refractivity contribution in [1.82, 2.24) is 14.5 Å². The van der Waals surface area contributed by atoms with E-state index in [1.165, 1.54) is 0 Å². The second kappa shape index (κ2) is 21.9. The highest BCUT2D eigenvalue weighted by molar-refractivity contribution is 6.12. The van der Waals surface area contributed by atoms with Gasteiger partial charge in [-0.1, -0.05) is 127 Å². The Kier molecular flexibility index (Phi) is 13.3. The van der Waals surface area contributed by atoms with Gasteiger partial charge in [-0.05, 0) is 168 Å². The number of nitriles is 4. The van der Waals surface area contributed by atoms with Crippen LogP contribution in [0.25, 0.3) is 83.6 Å². The van der Waals surface area contributed by atoms with Gasteiger partial charge >= 0.3 is 0 Å². The summed E-state index contributed by atoms with van der Waals surface area (Å²) in [7, 11) is 0. The molecule has 0 spiro atoms. The molecule has 0 N–H and O–H groups in total. The maximum Gasteiger partial charge on any atom is 0.161 e. The molecule has 0 aliphatic rings. The maximum atomic E-state index is 9.98. The van der Waals surface area contributed by atoms with Gasteiger partial charge in [0.25, 0.3) is 0 Å². The van der Waals surface area contributed by atoms with Crippen molar-refractivity contribution in [3.8, 4) is 86.1 Å². The Morgan fingerprint density at radius 3 is 1.13 bits per heavy atom. The molecule has 0 aliphatic carbocycles. The minimum atomic E-state index is 0.410. The summed E-state index contributed by atoms with van der Waals surface area (Å²) in [6, 6.07) is 100. The molecule has 386 valence electrons. The van der Waals surface area contributed by atoms with Gasteiger partial charge in [0.05, 0.1) is 69.0 Å². The molecule has 9 heteroatoms. The Hall–Kier alpha value is -12.1. The van der Waals surface area contributed by atoms with E-state index in [0.717, 1.165) is 89.4 Å². The van der Waals surface area contributed by atoms with Crippen molar-refractivity contribution < 1.29 is 0 Å². The van der Waals surface area contributed by atoms with Crippen molar-refractivity contribution in [2.75, 3.05) is 9.80 Å². The van der Waals surface area contributed by atoms with Crippen molar-refractivity contribution >= 4 is 55.9 Å². The molecule has 0 saturated heterocycles. The van der Waals surface area contributed by atoms with Crippen molar-refractivity contribution in [2.24, 2.45) is 0 Å². The van der Waals surface area contributed by atoms with Gasteiger partial charge in [0, 0.05) is 67.3 Å². The smallest absolute Gasteiger partial charge is 0.161 e. The number of hydrogen-bond donors (Lipinski definition) is 0. The van der Waals surface area contributed by atoms with E-state index in [1.807, 2.05) is 140 Å². The van der Waals surface area contributed by atoms with E-state index in [1.54, 1.807) is 12.1 Å². The molecule has 0 atom stereocenters. The Bertz CT molecular complexity index is 4500. The minimum absolute atomic E-state index is 0.410. The highest BCUT2D eigenvalue weighted by Crippen LogP contribution is 2.43. The minimum Gasteiger partial charge on any atom is -0.310 e. The average molecular weight is 1060 g/mol. The zero-order valence-corrected chi connectivity index (χ0v) is 44.5. The standard InChI is InChI=1S/C74H45N9/c75-46-50-19-33-61(34-20-50)81(59-13-3-1-4-14-59)64-39-41-72-68(43-64)69-44-65(82(60-15-5-2-6-16-60)62-35-21-51(47-76)22-36-62)40-42-73(69)83(72)63-37-31-55(32-38-63)53-25-23-52(24-26-53)54-27-29-56(30-28-54)70-45-71(66-17-9-7-11-57(66)48-77)80-74(79-70)67-18-10-8-12-58(67)49-78/h1-45H. The zero-order chi connectivity index (χ0) is 56.2. The summed E-state index contributed by atoms with van der Waals surface area (Å²) < 4.78 is 2.33. The summed E-state index contributed by atoms with van der Waals surface area (Å²) in [6.45, 7) is 0. The molecule has 83 heavy (non-hydrogen) atoms. The van der Waals surface area contributed by atoms with Crippen LogP contribution in [-0.2, 0) is 0 Å². The van der Waals surface area contributed by atoms with Crippen LogP contribution in [0.15, 0.2) is 273 Å². The third-order valence-electron chi connectivity index (χ3n) is 15.0. The third kappa shape index (κ3) is 9.73. The summed E-state index contributed by atoms with van der Waals surface area (Å²) in [4.78, 5) is 14.3. The molecule has 2 aromatic heterocycles. The lowest BCUT2D eigenvalue weighted by Crippen LogP contribution is -2.10. The number of fused-ring (bicyclic) bond motifs is 3. The predicted molar refractivity (Wildman–Crippen MR) is 332 cm³/mol. The zero-order valence-electron chi connectivity index (χ0n) is 44.5. The quantitative estimate of drug-likeness (QED) is 0.118. The molecule has 0 aliphatic heterocycles. The lowest BCUT2D eigenvalue weighted by molar-refractivity contribution is 1.18. The fourth-order valence-electron chi connectivity index (χ4n) is 10.9. The van der Waals surface area contributed by atoms with Crippen molar-refractivity contribution in [2.45, 2.75) is 0 Å². The Balaban J connectivity index is 0.854. The fourth-order valence-corrected chi connectivity index (χ4v) is 10.9. The third-order valence-corrected chi connectivity index (χ3v) is 15.0. The molecule has 0 saturated carbocycles. The van der Waals surface area contributed by atoms with E-state index in [-0.39, 0.29) is 0 Å². The highest BCUT2D eigenvalue weighted by atomic mass is 15.1. The molecule has 13 rings (SSSR count). The first-order valence-electron chi connectivity index (χ1n) is 26.9. The van der Waals surface area contributed by atoms with Gasteiger partial charge in [-0.15, -0.1) is 0 Å². The van der Waals surface area contributed by atoms with Crippen LogP contribution in [0.2, 0.25) is 0 Å². The first-order valence-corrected chi connectivity index (χ1v) is 26.9. The van der Waals surface area contributed by atoms with Crippen LogP contribution in [-0.4, -0.2) is 14.5 Å². The number of benzene rings is 11. The summed E-state index contributed by atoms with van der Waals surface area (Å²) in [5, 5.41) is 41.4. The lowest BCUT2D eigenvalue weighted by Gasteiger charge is -2.26. The molecule has 2 heterocycles. The molecule has 0 amide bonds. The SMILES string of the molecule is N#Cc1ccc(N(c2ccccc2)c2ccc3c(c2)c2cc(N(c4ccccc4)c4ccc(C#N)cc4)ccc2n3-c2ccc(-c3ccc(-c4ccc(-c5cc(-c6ccccc6C#N)nc(-c6ccccc6C#N)n5)cc4)cc3)cc2)cc1. The Morgan fingerprint density at radius 2 is 0.675 bits per heavy atom. The number of hydrogen-bond acceptors (Lipinski definition) is 8. The fraction of sp³-hybridized carbons (Fsp3) is 0. The van der Waals surface area contributed by atoms with E-state index >= 15 is 0 Å². The molecule has 11 aromatic carbocycles. The lowest BCUT2D eigenvalue weighted by atomic mass is 9.98. The van der Waals surface area contributed by atoms with Crippen LogP contribution in [0.4, 0.5) is 34.1 Å². The molecular formula is C74H45N9. The molecular weight excluding hydrogens is 1010 g/mol. The van der Waals surface area contributed by atoms with Crippen molar-refractivity contribution in [3.63, 3.8) is 0 Å². The first kappa shape index (κ1) is 50.4. The number of nitrogens with zero attached hydrogens (tertiary/aromatic N) is 9. The summed E-state index contributed by atoms with van der Waals surface area (Å²) in [6.07, 6.45) is 0. The van der Waals surface area contributed by atoms with Crippen LogP contribution in [0, 0.1) is 45.3 Å².